The third kappa shape index (κ3) is 2.45. The predicted octanol–water partition coefficient (Wildman–Crippen LogP) is 0.403. The Labute approximate surface area is 95.5 Å². The van der Waals surface area contributed by atoms with Gasteiger partial charge in [-0.05, 0) is 19.1 Å². The highest BCUT2D eigenvalue weighted by molar-refractivity contribution is 7.89. The molecule has 6 heteroatoms. The molecule has 1 fully saturated rings. The van der Waals surface area contributed by atoms with Crippen molar-refractivity contribution >= 4 is 10.0 Å². The van der Waals surface area contributed by atoms with E-state index in [9.17, 15) is 8.42 Å². The lowest BCUT2D eigenvalue weighted by atomic mass is 10.3. The third-order valence-corrected chi connectivity index (χ3v) is 4.64. The van der Waals surface area contributed by atoms with E-state index in [2.05, 4.69) is 5.32 Å². The molecule has 1 aliphatic rings. The lowest BCUT2D eigenvalue weighted by Crippen LogP contribution is -2.40. The van der Waals surface area contributed by atoms with Gasteiger partial charge in [0.05, 0.1) is 18.6 Å². The molecule has 1 N–H and O–H groups in total. The molecule has 1 saturated heterocycles. The van der Waals surface area contributed by atoms with Gasteiger partial charge in [-0.2, -0.15) is 4.31 Å². The number of hydrogen-bond donors (Lipinski definition) is 1. The van der Waals surface area contributed by atoms with Crippen molar-refractivity contribution in [3.63, 3.8) is 0 Å². The van der Waals surface area contributed by atoms with E-state index in [1.54, 1.807) is 18.4 Å². The van der Waals surface area contributed by atoms with Gasteiger partial charge in [0.15, 0.2) is 0 Å². The topological polar surface area (TPSA) is 62.6 Å². The molecule has 16 heavy (non-hydrogen) atoms. The first-order valence-corrected chi connectivity index (χ1v) is 6.93. The highest BCUT2D eigenvalue weighted by atomic mass is 32.2. The van der Waals surface area contributed by atoms with Crippen molar-refractivity contribution in [2.24, 2.45) is 0 Å². The van der Waals surface area contributed by atoms with E-state index in [1.807, 2.05) is 6.92 Å². The second-order valence-corrected chi connectivity index (χ2v) is 6.03. The van der Waals surface area contributed by atoms with Gasteiger partial charge in [-0.3, -0.25) is 0 Å². The second-order valence-electron chi connectivity index (χ2n) is 3.99. The van der Waals surface area contributed by atoms with Crippen molar-refractivity contribution in [3.8, 4) is 0 Å². The Bertz CT molecular complexity index is 427. The number of rotatable bonds is 2. The molecule has 0 spiro atoms. The Morgan fingerprint density at radius 3 is 3.12 bits per heavy atom. The molecule has 1 atom stereocenters. The van der Waals surface area contributed by atoms with Gasteiger partial charge in [0, 0.05) is 19.1 Å². The van der Waals surface area contributed by atoms with Crippen molar-refractivity contribution in [1.29, 1.82) is 0 Å². The Hall–Kier alpha value is -0.850. The van der Waals surface area contributed by atoms with Crippen LogP contribution >= 0.6 is 0 Å². The van der Waals surface area contributed by atoms with Crippen LogP contribution in [0.15, 0.2) is 22.8 Å². The molecule has 1 aromatic heterocycles. The fraction of sp³-hybridized carbons (Fsp3) is 0.600. The summed E-state index contributed by atoms with van der Waals surface area (Å²) in [5.41, 5.74) is 0. The summed E-state index contributed by atoms with van der Waals surface area (Å²) in [6, 6.07) is 3.51. The Kier molecular flexibility index (Phi) is 3.32. The van der Waals surface area contributed by atoms with Gasteiger partial charge in [-0.1, -0.05) is 0 Å². The average Bonchev–Trinajstić information content (AvgIpc) is 2.69. The SMILES string of the molecule is CC1CNCCS(=O)(=O)N1Cc1ccco1. The van der Waals surface area contributed by atoms with E-state index in [4.69, 9.17) is 4.42 Å². The summed E-state index contributed by atoms with van der Waals surface area (Å²) in [5, 5.41) is 3.11. The smallest absolute Gasteiger partial charge is 0.216 e. The molecule has 0 radical (unpaired) electrons. The van der Waals surface area contributed by atoms with Gasteiger partial charge in [-0.15, -0.1) is 0 Å². The molecule has 0 saturated carbocycles. The minimum absolute atomic E-state index is 0.0439. The molecule has 2 heterocycles. The summed E-state index contributed by atoms with van der Waals surface area (Å²) in [7, 11) is -3.17. The van der Waals surface area contributed by atoms with E-state index >= 15 is 0 Å². The number of hydrogen-bond acceptors (Lipinski definition) is 4. The fourth-order valence-corrected chi connectivity index (χ4v) is 3.40. The summed E-state index contributed by atoms with van der Waals surface area (Å²) in [4.78, 5) is 0. The van der Waals surface area contributed by atoms with Gasteiger partial charge in [0.2, 0.25) is 10.0 Å². The molecule has 0 aliphatic carbocycles. The molecule has 1 unspecified atom stereocenters. The Morgan fingerprint density at radius 2 is 2.44 bits per heavy atom. The highest BCUT2D eigenvalue weighted by Gasteiger charge is 2.29. The monoisotopic (exact) mass is 244 g/mol. The van der Waals surface area contributed by atoms with E-state index in [-0.39, 0.29) is 11.8 Å². The van der Waals surface area contributed by atoms with Crippen LogP contribution < -0.4 is 5.32 Å². The Morgan fingerprint density at radius 1 is 1.62 bits per heavy atom. The summed E-state index contributed by atoms with van der Waals surface area (Å²) in [5.74, 6) is 0.829. The molecule has 0 bridgehead atoms. The molecule has 90 valence electrons. The normalized spacial score (nSPS) is 26.4. The van der Waals surface area contributed by atoms with E-state index in [1.165, 1.54) is 4.31 Å². The average molecular weight is 244 g/mol. The maximum absolute atomic E-state index is 12.0. The largest absolute Gasteiger partial charge is 0.468 e. The minimum Gasteiger partial charge on any atom is -0.468 e. The fourth-order valence-electron chi connectivity index (χ4n) is 1.82. The minimum atomic E-state index is -3.17. The molecule has 2 rings (SSSR count). The van der Waals surface area contributed by atoms with Crippen LogP contribution in [0.1, 0.15) is 12.7 Å². The van der Waals surface area contributed by atoms with Crippen molar-refractivity contribution in [1.82, 2.24) is 9.62 Å². The standard InChI is InChI=1S/C10H16N2O3S/c1-9-7-11-4-6-16(13,14)12(9)8-10-3-2-5-15-10/h2-3,5,9,11H,4,6-8H2,1H3. The molecule has 0 aromatic carbocycles. The van der Waals surface area contributed by atoms with E-state index in [0.29, 0.717) is 25.4 Å². The zero-order valence-corrected chi connectivity index (χ0v) is 10.0. The first-order valence-electron chi connectivity index (χ1n) is 5.32. The molecule has 1 aromatic rings. The second kappa shape index (κ2) is 4.57. The number of nitrogens with one attached hydrogen (secondary N) is 1. The van der Waals surface area contributed by atoms with Crippen LogP contribution in [0.3, 0.4) is 0 Å². The van der Waals surface area contributed by atoms with Gasteiger partial charge in [0.25, 0.3) is 0 Å². The molecular weight excluding hydrogens is 228 g/mol. The van der Waals surface area contributed by atoms with Gasteiger partial charge < -0.3 is 9.73 Å². The quantitative estimate of drug-likeness (QED) is 0.818. The first-order chi connectivity index (χ1) is 7.59. The zero-order chi connectivity index (χ0) is 11.6. The lowest BCUT2D eigenvalue weighted by molar-refractivity contribution is 0.305. The zero-order valence-electron chi connectivity index (χ0n) is 9.22. The van der Waals surface area contributed by atoms with E-state index in [0.717, 1.165) is 0 Å². The predicted molar refractivity (Wildman–Crippen MR) is 60.4 cm³/mol. The summed E-state index contributed by atoms with van der Waals surface area (Å²) in [6.45, 7) is 3.41. The lowest BCUT2D eigenvalue weighted by Gasteiger charge is -2.24. The summed E-state index contributed by atoms with van der Waals surface area (Å²) >= 11 is 0. The van der Waals surface area contributed by atoms with Crippen molar-refractivity contribution in [3.05, 3.63) is 24.2 Å². The van der Waals surface area contributed by atoms with Crippen LogP contribution in [0.5, 0.6) is 0 Å². The number of sulfonamides is 1. The number of nitrogens with zero attached hydrogens (tertiary/aromatic N) is 1. The van der Waals surface area contributed by atoms with E-state index < -0.39 is 10.0 Å². The van der Waals surface area contributed by atoms with Crippen molar-refractivity contribution in [2.75, 3.05) is 18.8 Å². The van der Waals surface area contributed by atoms with Crippen LogP contribution in [0.25, 0.3) is 0 Å². The molecular formula is C10H16N2O3S. The van der Waals surface area contributed by atoms with Gasteiger partial charge >= 0.3 is 0 Å². The van der Waals surface area contributed by atoms with Crippen LogP contribution in [0.4, 0.5) is 0 Å². The Balaban J connectivity index is 2.20. The summed E-state index contributed by atoms with van der Waals surface area (Å²) < 4.78 is 30.7. The van der Waals surface area contributed by atoms with Gasteiger partial charge in [-0.25, -0.2) is 8.42 Å². The highest BCUT2D eigenvalue weighted by Crippen LogP contribution is 2.15. The molecule has 0 amide bonds. The van der Waals surface area contributed by atoms with Crippen LogP contribution in [-0.4, -0.2) is 37.6 Å². The maximum atomic E-state index is 12.0. The van der Waals surface area contributed by atoms with Crippen molar-refractivity contribution < 1.29 is 12.8 Å². The molecule has 1 aliphatic heterocycles. The first kappa shape index (κ1) is 11.6. The van der Waals surface area contributed by atoms with Crippen LogP contribution in [0.2, 0.25) is 0 Å². The molecule has 5 nitrogen and oxygen atoms in total. The van der Waals surface area contributed by atoms with Gasteiger partial charge in [0.1, 0.15) is 5.76 Å². The van der Waals surface area contributed by atoms with Crippen molar-refractivity contribution in [2.45, 2.75) is 19.5 Å². The summed E-state index contributed by atoms with van der Waals surface area (Å²) in [6.07, 6.45) is 1.56. The number of furan rings is 1. The van der Waals surface area contributed by atoms with Crippen LogP contribution in [-0.2, 0) is 16.6 Å². The van der Waals surface area contributed by atoms with Crippen LogP contribution in [0, 0.1) is 0 Å². The maximum Gasteiger partial charge on any atom is 0.216 e. The third-order valence-electron chi connectivity index (χ3n) is 2.72.